The van der Waals surface area contributed by atoms with Crippen molar-refractivity contribution in [3.63, 3.8) is 0 Å². The molecule has 34 heavy (non-hydrogen) atoms. The predicted molar refractivity (Wildman–Crippen MR) is 129 cm³/mol. The number of hydrogen-bond donors (Lipinski definition) is 1. The number of nitrogens with one attached hydrogen (secondary N) is 1. The Balaban J connectivity index is 1.50. The van der Waals surface area contributed by atoms with Gasteiger partial charge in [0, 0.05) is 19.1 Å². The molecule has 6 nitrogen and oxygen atoms in total. The summed E-state index contributed by atoms with van der Waals surface area (Å²) in [6.07, 6.45) is 1.57. The first-order valence-corrected chi connectivity index (χ1v) is 12.2. The van der Waals surface area contributed by atoms with E-state index in [9.17, 15) is 18.4 Å². The van der Waals surface area contributed by atoms with Crippen LogP contribution in [0.1, 0.15) is 44.6 Å². The quantitative estimate of drug-likeness (QED) is 0.581. The summed E-state index contributed by atoms with van der Waals surface area (Å²) in [7, 11) is 0. The second-order valence-corrected chi connectivity index (χ2v) is 9.88. The molecule has 0 saturated carbocycles. The van der Waals surface area contributed by atoms with E-state index < -0.39 is 22.8 Å². The minimum Gasteiger partial charge on any atom is -0.376 e. The highest BCUT2D eigenvalue weighted by molar-refractivity contribution is 8.15. The number of ether oxygens (including phenoxy) is 1. The lowest BCUT2D eigenvalue weighted by Gasteiger charge is -2.20. The van der Waals surface area contributed by atoms with Gasteiger partial charge >= 0.3 is 0 Å². The number of hydrogen-bond acceptors (Lipinski definition) is 5. The van der Waals surface area contributed by atoms with Gasteiger partial charge in [0.1, 0.15) is 16.9 Å². The molecule has 2 aromatic carbocycles. The van der Waals surface area contributed by atoms with E-state index in [-0.39, 0.29) is 24.1 Å². The van der Waals surface area contributed by atoms with Gasteiger partial charge in [-0.1, -0.05) is 37.7 Å². The first-order chi connectivity index (χ1) is 16.3. The zero-order chi connectivity index (χ0) is 24.2. The number of rotatable bonds is 7. The van der Waals surface area contributed by atoms with Crippen molar-refractivity contribution in [2.24, 2.45) is 4.99 Å². The van der Waals surface area contributed by atoms with Gasteiger partial charge in [-0.05, 0) is 48.6 Å². The molecule has 2 amide bonds. The fourth-order valence-corrected chi connectivity index (χ4v) is 5.06. The van der Waals surface area contributed by atoms with E-state index in [2.05, 4.69) is 19.2 Å². The maximum absolute atomic E-state index is 13.9. The van der Waals surface area contributed by atoms with Crippen LogP contribution in [0.3, 0.4) is 0 Å². The number of amidine groups is 1. The predicted octanol–water partition coefficient (Wildman–Crippen LogP) is 5.23. The van der Waals surface area contributed by atoms with E-state index in [1.165, 1.54) is 17.3 Å². The van der Waals surface area contributed by atoms with Crippen LogP contribution in [0.25, 0.3) is 0 Å². The van der Waals surface area contributed by atoms with Crippen LogP contribution < -0.4 is 5.32 Å². The Hall–Kier alpha value is -2.78. The van der Waals surface area contributed by atoms with Crippen LogP contribution in [0, 0.1) is 11.6 Å². The highest BCUT2D eigenvalue weighted by Gasteiger charge is 2.40. The van der Waals surface area contributed by atoms with Crippen LogP contribution >= 0.6 is 11.8 Å². The average Bonchev–Trinajstić information content (AvgIpc) is 3.40. The summed E-state index contributed by atoms with van der Waals surface area (Å²) in [5.74, 6) is -1.97. The Morgan fingerprint density at radius 3 is 2.65 bits per heavy atom. The molecule has 4 rings (SSSR count). The van der Waals surface area contributed by atoms with Gasteiger partial charge in [-0.2, -0.15) is 0 Å². The number of anilines is 1. The number of carbonyl (C=O) groups excluding carboxylic acids is 2. The average molecular weight is 488 g/mol. The summed E-state index contributed by atoms with van der Waals surface area (Å²) in [5.41, 5.74) is 1.78. The number of benzene rings is 2. The lowest BCUT2D eigenvalue weighted by Crippen LogP contribution is -2.38. The first-order valence-electron chi connectivity index (χ1n) is 11.3. The van der Waals surface area contributed by atoms with Crippen LogP contribution in [0.15, 0.2) is 47.5 Å². The second-order valence-electron chi connectivity index (χ2n) is 8.71. The molecule has 2 atom stereocenters. The van der Waals surface area contributed by atoms with Gasteiger partial charge < -0.3 is 10.1 Å². The highest BCUT2D eigenvalue weighted by Crippen LogP contribution is 2.33. The molecule has 0 bridgehead atoms. The Labute approximate surface area is 201 Å². The lowest BCUT2D eigenvalue weighted by molar-refractivity contribution is -0.129. The van der Waals surface area contributed by atoms with E-state index in [0.29, 0.717) is 30.3 Å². The molecular weight excluding hydrogens is 460 g/mol. The third-order valence-corrected chi connectivity index (χ3v) is 6.97. The molecule has 0 aromatic heterocycles. The monoisotopic (exact) mass is 487 g/mol. The van der Waals surface area contributed by atoms with Crippen molar-refractivity contribution < 1.29 is 23.1 Å². The smallest absolute Gasteiger partial charge is 0.242 e. The van der Waals surface area contributed by atoms with Gasteiger partial charge in [0.25, 0.3) is 0 Å². The molecule has 0 spiro atoms. The standard InChI is InChI=1S/C25H27F2N3O3S/c1-15(2)16-5-8-18(9-6-16)28-25-30(14-19-4-3-11-33-19)24(32)22(34-25)13-23(31)29-21-10-7-17(26)12-20(21)27/h5-10,12,15,19,22H,3-4,11,13-14H2,1-2H3,(H,29,31). The summed E-state index contributed by atoms with van der Waals surface area (Å²) >= 11 is 1.22. The van der Waals surface area contributed by atoms with Crippen molar-refractivity contribution >= 4 is 40.1 Å². The minimum atomic E-state index is -0.870. The van der Waals surface area contributed by atoms with Crippen molar-refractivity contribution in [1.29, 1.82) is 0 Å². The van der Waals surface area contributed by atoms with Crippen molar-refractivity contribution in [3.05, 3.63) is 59.7 Å². The van der Waals surface area contributed by atoms with Crippen LogP contribution in [0.5, 0.6) is 0 Å². The number of aliphatic imine (C=N–C) groups is 1. The molecule has 2 aliphatic rings. The molecular formula is C25H27F2N3O3S. The zero-order valence-corrected chi connectivity index (χ0v) is 19.9. The number of thioether (sulfide) groups is 1. The van der Waals surface area contributed by atoms with Crippen LogP contribution in [0.4, 0.5) is 20.2 Å². The van der Waals surface area contributed by atoms with Crippen molar-refractivity contribution in [3.8, 4) is 0 Å². The lowest BCUT2D eigenvalue weighted by atomic mass is 10.0. The summed E-state index contributed by atoms with van der Waals surface area (Å²) in [5, 5.41) is 2.25. The number of nitrogens with zero attached hydrogens (tertiary/aromatic N) is 2. The Morgan fingerprint density at radius 2 is 2.00 bits per heavy atom. The van der Waals surface area contributed by atoms with Crippen LogP contribution in [0.2, 0.25) is 0 Å². The molecule has 2 aliphatic heterocycles. The van der Waals surface area contributed by atoms with Crippen LogP contribution in [-0.2, 0) is 14.3 Å². The maximum Gasteiger partial charge on any atom is 0.242 e. The number of carbonyl (C=O) groups is 2. The fourth-order valence-electron chi connectivity index (χ4n) is 3.89. The summed E-state index contributed by atoms with van der Waals surface area (Å²) in [4.78, 5) is 32.0. The molecule has 0 aliphatic carbocycles. The molecule has 2 saturated heterocycles. The summed E-state index contributed by atoms with van der Waals surface area (Å²) < 4.78 is 32.7. The molecule has 2 fully saturated rings. The third-order valence-electron chi connectivity index (χ3n) is 5.79. The van der Waals surface area contributed by atoms with E-state index in [4.69, 9.17) is 9.73 Å². The van der Waals surface area contributed by atoms with Crippen molar-refractivity contribution in [2.45, 2.75) is 50.4 Å². The molecule has 2 aromatic rings. The summed E-state index contributed by atoms with van der Waals surface area (Å²) in [6.45, 7) is 5.27. The number of halogens is 2. The largest absolute Gasteiger partial charge is 0.376 e. The van der Waals surface area contributed by atoms with Gasteiger partial charge in [-0.15, -0.1) is 0 Å². The molecule has 180 valence electrons. The highest BCUT2D eigenvalue weighted by atomic mass is 32.2. The minimum absolute atomic E-state index is 0.0704. The maximum atomic E-state index is 13.9. The van der Waals surface area contributed by atoms with Gasteiger partial charge in [-0.25, -0.2) is 13.8 Å². The normalized spacial score (nSPS) is 21.6. The van der Waals surface area contributed by atoms with E-state index >= 15 is 0 Å². The van der Waals surface area contributed by atoms with Crippen molar-refractivity contribution in [2.75, 3.05) is 18.5 Å². The Morgan fingerprint density at radius 1 is 1.24 bits per heavy atom. The third kappa shape index (κ3) is 5.82. The van der Waals surface area contributed by atoms with Gasteiger partial charge in [0.05, 0.1) is 24.0 Å². The zero-order valence-electron chi connectivity index (χ0n) is 19.1. The van der Waals surface area contributed by atoms with Gasteiger partial charge in [0.2, 0.25) is 11.8 Å². The van der Waals surface area contributed by atoms with E-state index in [1.54, 1.807) is 4.90 Å². The van der Waals surface area contributed by atoms with E-state index in [0.717, 1.165) is 30.7 Å². The van der Waals surface area contributed by atoms with Crippen LogP contribution in [-0.4, -0.2) is 46.4 Å². The fraction of sp³-hybridized carbons (Fsp3) is 0.400. The summed E-state index contributed by atoms with van der Waals surface area (Å²) in [6, 6.07) is 10.8. The Kier molecular flexibility index (Phi) is 7.63. The second kappa shape index (κ2) is 10.7. The molecule has 1 N–H and O–H groups in total. The topological polar surface area (TPSA) is 71.0 Å². The Bertz CT molecular complexity index is 1090. The molecule has 0 radical (unpaired) electrons. The first kappa shape index (κ1) is 24.3. The van der Waals surface area contributed by atoms with Gasteiger partial charge in [-0.3, -0.25) is 14.5 Å². The molecule has 2 unspecified atom stereocenters. The SMILES string of the molecule is CC(C)c1ccc(N=C2SC(CC(=O)Nc3ccc(F)cc3F)C(=O)N2CC2CCCO2)cc1. The van der Waals surface area contributed by atoms with Crippen molar-refractivity contribution in [1.82, 2.24) is 4.90 Å². The molecule has 9 heteroatoms. The number of amides is 2. The molecule has 2 heterocycles. The van der Waals surface area contributed by atoms with Gasteiger partial charge in [0.15, 0.2) is 5.17 Å². The van der Waals surface area contributed by atoms with E-state index in [1.807, 2.05) is 24.3 Å².